The summed E-state index contributed by atoms with van der Waals surface area (Å²) in [7, 11) is 0. The fourth-order valence-corrected chi connectivity index (χ4v) is 2.13. The average molecular weight is 283 g/mol. The van der Waals surface area contributed by atoms with Gasteiger partial charge in [-0.2, -0.15) is 0 Å². The Kier molecular flexibility index (Phi) is 4.99. The molecular weight excluding hydrogens is 262 g/mol. The minimum Gasteiger partial charge on any atom is -0.494 e. The van der Waals surface area contributed by atoms with Gasteiger partial charge in [-0.3, -0.25) is 4.79 Å². The Morgan fingerprint density at radius 2 is 1.81 bits per heavy atom. The first kappa shape index (κ1) is 15.1. The van der Waals surface area contributed by atoms with Gasteiger partial charge >= 0.3 is 0 Å². The van der Waals surface area contributed by atoms with E-state index in [1.54, 1.807) is 0 Å². The molecule has 0 unspecified atom stereocenters. The molecule has 2 aromatic carbocycles. The van der Waals surface area contributed by atoms with Crippen molar-refractivity contribution in [2.75, 3.05) is 6.61 Å². The van der Waals surface area contributed by atoms with Gasteiger partial charge in [0, 0.05) is 12.1 Å². The van der Waals surface area contributed by atoms with E-state index in [0.29, 0.717) is 13.2 Å². The van der Waals surface area contributed by atoms with Gasteiger partial charge in [0.15, 0.2) is 0 Å². The topological polar surface area (TPSA) is 38.3 Å². The Bertz CT molecular complexity index is 618. The average Bonchev–Trinajstić information content (AvgIpc) is 2.49. The summed E-state index contributed by atoms with van der Waals surface area (Å²) in [6.45, 7) is 7.06. The molecule has 3 nitrogen and oxygen atoms in total. The van der Waals surface area contributed by atoms with Crippen LogP contribution in [0.3, 0.4) is 0 Å². The van der Waals surface area contributed by atoms with Crippen LogP contribution in [-0.2, 0) is 6.54 Å². The Morgan fingerprint density at radius 3 is 2.48 bits per heavy atom. The fraction of sp³-hybridized carbons (Fsp3) is 0.278. The maximum Gasteiger partial charge on any atom is 0.251 e. The van der Waals surface area contributed by atoms with Crippen molar-refractivity contribution in [3.63, 3.8) is 0 Å². The monoisotopic (exact) mass is 283 g/mol. The van der Waals surface area contributed by atoms with Crippen LogP contribution in [0.25, 0.3) is 0 Å². The molecule has 2 rings (SSSR count). The lowest BCUT2D eigenvalue weighted by molar-refractivity contribution is 0.0950. The summed E-state index contributed by atoms with van der Waals surface area (Å²) < 4.78 is 5.40. The van der Waals surface area contributed by atoms with E-state index in [-0.39, 0.29) is 5.91 Å². The third-order valence-corrected chi connectivity index (χ3v) is 3.33. The van der Waals surface area contributed by atoms with Gasteiger partial charge in [-0.15, -0.1) is 0 Å². The lowest BCUT2D eigenvalue weighted by Gasteiger charge is -2.09. The standard InChI is InChI=1S/C18H21NO2/c1-4-21-16-9-7-15(8-10-16)12-19-18(20)17-11-13(2)5-6-14(17)3/h5-11H,4,12H2,1-3H3,(H,19,20). The molecule has 0 saturated heterocycles. The van der Waals surface area contributed by atoms with Crippen molar-refractivity contribution in [1.29, 1.82) is 0 Å². The first-order valence-electron chi connectivity index (χ1n) is 7.17. The zero-order chi connectivity index (χ0) is 15.2. The first-order valence-corrected chi connectivity index (χ1v) is 7.17. The maximum atomic E-state index is 12.2. The molecule has 0 aliphatic heterocycles. The van der Waals surface area contributed by atoms with Gasteiger partial charge in [-0.1, -0.05) is 29.8 Å². The van der Waals surface area contributed by atoms with Crippen LogP contribution in [0.1, 0.15) is 34.0 Å². The molecule has 21 heavy (non-hydrogen) atoms. The molecule has 0 spiro atoms. The highest BCUT2D eigenvalue weighted by Gasteiger charge is 2.08. The summed E-state index contributed by atoms with van der Waals surface area (Å²) in [5, 5.41) is 2.96. The Labute approximate surface area is 126 Å². The van der Waals surface area contributed by atoms with Crippen LogP contribution >= 0.6 is 0 Å². The Balaban J connectivity index is 1.99. The minimum atomic E-state index is -0.0370. The lowest BCUT2D eigenvalue weighted by Crippen LogP contribution is -2.23. The summed E-state index contributed by atoms with van der Waals surface area (Å²) in [5.41, 5.74) is 3.87. The zero-order valence-corrected chi connectivity index (χ0v) is 12.8. The molecule has 0 aliphatic rings. The summed E-state index contributed by atoms with van der Waals surface area (Å²) in [4.78, 5) is 12.2. The number of nitrogens with one attached hydrogen (secondary N) is 1. The van der Waals surface area contributed by atoms with Gasteiger partial charge in [0.25, 0.3) is 5.91 Å². The van der Waals surface area contributed by atoms with E-state index in [1.165, 1.54) is 0 Å². The van der Waals surface area contributed by atoms with E-state index in [4.69, 9.17) is 4.74 Å². The molecular formula is C18H21NO2. The molecule has 110 valence electrons. The van der Waals surface area contributed by atoms with E-state index in [9.17, 15) is 4.79 Å². The van der Waals surface area contributed by atoms with Crippen molar-refractivity contribution < 1.29 is 9.53 Å². The molecule has 0 heterocycles. The maximum absolute atomic E-state index is 12.2. The van der Waals surface area contributed by atoms with Crippen LogP contribution in [0.4, 0.5) is 0 Å². The quantitative estimate of drug-likeness (QED) is 0.910. The van der Waals surface area contributed by atoms with Gasteiger partial charge in [0.05, 0.1) is 6.61 Å². The number of ether oxygens (including phenoxy) is 1. The molecule has 1 amide bonds. The molecule has 3 heteroatoms. The highest BCUT2D eigenvalue weighted by atomic mass is 16.5. The normalized spacial score (nSPS) is 10.2. The number of aryl methyl sites for hydroxylation is 2. The second-order valence-corrected chi connectivity index (χ2v) is 5.08. The van der Waals surface area contributed by atoms with Gasteiger partial charge in [0.2, 0.25) is 0 Å². The van der Waals surface area contributed by atoms with Crippen LogP contribution < -0.4 is 10.1 Å². The molecule has 1 N–H and O–H groups in total. The summed E-state index contributed by atoms with van der Waals surface area (Å²) >= 11 is 0. The van der Waals surface area contributed by atoms with Crippen LogP contribution in [0.5, 0.6) is 5.75 Å². The number of carbonyl (C=O) groups is 1. The van der Waals surface area contributed by atoms with E-state index in [0.717, 1.165) is 28.0 Å². The highest BCUT2D eigenvalue weighted by molar-refractivity contribution is 5.95. The van der Waals surface area contributed by atoms with E-state index in [1.807, 2.05) is 63.2 Å². The van der Waals surface area contributed by atoms with E-state index in [2.05, 4.69) is 5.32 Å². The van der Waals surface area contributed by atoms with Crippen molar-refractivity contribution in [1.82, 2.24) is 5.32 Å². The number of benzene rings is 2. The van der Waals surface area contributed by atoms with E-state index >= 15 is 0 Å². The third-order valence-electron chi connectivity index (χ3n) is 3.33. The second-order valence-electron chi connectivity index (χ2n) is 5.08. The van der Waals surface area contributed by atoms with Gasteiger partial charge in [-0.25, -0.2) is 0 Å². The van der Waals surface area contributed by atoms with Crippen LogP contribution in [0, 0.1) is 13.8 Å². The molecule has 0 bridgehead atoms. The van der Waals surface area contributed by atoms with Gasteiger partial charge in [0.1, 0.15) is 5.75 Å². The smallest absolute Gasteiger partial charge is 0.251 e. The molecule has 0 saturated carbocycles. The molecule has 0 aliphatic carbocycles. The SMILES string of the molecule is CCOc1ccc(CNC(=O)c2cc(C)ccc2C)cc1. The number of hydrogen-bond acceptors (Lipinski definition) is 2. The first-order chi connectivity index (χ1) is 10.1. The second kappa shape index (κ2) is 6.93. The van der Waals surface area contributed by atoms with Crippen molar-refractivity contribution in [2.45, 2.75) is 27.3 Å². The number of rotatable bonds is 5. The van der Waals surface area contributed by atoms with Crippen molar-refractivity contribution in [2.24, 2.45) is 0 Å². The Morgan fingerprint density at radius 1 is 1.10 bits per heavy atom. The molecule has 0 aromatic heterocycles. The minimum absolute atomic E-state index is 0.0370. The van der Waals surface area contributed by atoms with Crippen molar-refractivity contribution in [3.05, 3.63) is 64.7 Å². The zero-order valence-electron chi connectivity index (χ0n) is 12.8. The van der Waals surface area contributed by atoms with Crippen LogP contribution in [-0.4, -0.2) is 12.5 Å². The summed E-state index contributed by atoms with van der Waals surface area (Å²) in [5.74, 6) is 0.812. The van der Waals surface area contributed by atoms with Crippen molar-refractivity contribution >= 4 is 5.91 Å². The highest BCUT2D eigenvalue weighted by Crippen LogP contribution is 2.13. The Hall–Kier alpha value is -2.29. The number of amides is 1. The number of carbonyl (C=O) groups excluding carboxylic acids is 1. The predicted molar refractivity (Wildman–Crippen MR) is 84.7 cm³/mol. The summed E-state index contributed by atoms with van der Waals surface area (Å²) in [6, 6.07) is 13.7. The third kappa shape index (κ3) is 4.09. The van der Waals surface area contributed by atoms with E-state index < -0.39 is 0 Å². The summed E-state index contributed by atoms with van der Waals surface area (Å²) in [6.07, 6.45) is 0. The largest absolute Gasteiger partial charge is 0.494 e. The molecule has 0 radical (unpaired) electrons. The number of hydrogen-bond donors (Lipinski definition) is 1. The predicted octanol–water partition coefficient (Wildman–Crippen LogP) is 3.63. The van der Waals surface area contributed by atoms with Crippen molar-refractivity contribution in [3.8, 4) is 5.75 Å². The fourth-order valence-electron chi connectivity index (χ4n) is 2.13. The van der Waals surface area contributed by atoms with Gasteiger partial charge in [-0.05, 0) is 50.1 Å². The van der Waals surface area contributed by atoms with Crippen LogP contribution in [0.2, 0.25) is 0 Å². The molecule has 2 aromatic rings. The molecule has 0 fully saturated rings. The van der Waals surface area contributed by atoms with Crippen LogP contribution in [0.15, 0.2) is 42.5 Å². The lowest BCUT2D eigenvalue weighted by atomic mass is 10.0. The van der Waals surface area contributed by atoms with Gasteiger partial charge < -0.3 is 10.1 Å². The molecule has 0 atom stereocenters.